The number of hydrogen-bond acceptors (Lipinski definition) is 3. The predicted molar refractivity (Wildman–Crippen MR) is 63.9 cm³/mol. The topological polar surface area (TPSA) is 42.2 Å². The minimum atomic E-state index is 0.669. The molecule has 0 saturated carbocycles. The van der Waals surface area contributed by atoms with Crippen LogP contribution in [0.25, 0.3) is 0 Å². The minimum Gasteiger partial charge on any atom is -0.397 e. The van der Waals surface area contributed by atoms with Gasteiger partial charge in [-0.3, -0.25) is 4.98 Å². The zero-order valence-corrected chi connectivity index (χ0v) is 9.32. The summed E-state index contributed by atoms with van der Waals surface area (Å²) in [6.45, 7) is 3.40. The molecule has 1 fully saturated rings. The summed E-state index contributed by atoms with van der Waals surface area (Å²) in [5, 5.41) is 0. The molecular formula is C12H19N3. The summed E-state index contributed by atoms with van der Waals surface area (Å²) in [4.78, 5) is 6.61. The third kappa shape index (κ3) is 2.22. The van der Waals surface area contributed by atoms with E-state index >= 15 is 0 Å². The van der Waals surface area contributed by atoms with Gasteiger partial charge in [0.1, 0.15) is 0 Å². The van der Waals surface area contributed by atoms with Gasteiger partial charge in [0.2, 0.25) is 0 Å². The Hall–Kier alpha value is -1.25. The fourth-order valence-electron chi connectivity index (χ4n) is 2.37. The Labute approximate surface area is 91.3 Å². The van der Waals surface area contributed by atoms with Crippen molar-refractivity contribution in [1.29, 1.82) is 0 Å². The average molecular weight is 205 g/mol. The van der Waals surface area contributed by atoms with Crippen molar-refractivity contribution in [3.8, 4) is 0 Å². The number of nitrogens with zero attached hydrogens (tertiary/aromatic N) is 2. The van der Waals surface area contributed by atoms with E-state index in [2.05, 4.69) is 16.8 Å². The highest BCUT2D eigenvalue weighted by molar-refractivity contribution is 5.54. The molecule has 2 heterocycles. The number of aromatic nitrogens is 1. The smallest absolute Gasteiger partial charge is 0.0575 e. The molecule has 0 spiro atoms. The second-order valence-electron chi connectivity index (χ2n) is 4.23. The van der Waals surface area contributed by atoms with Crippen LogP contribution in [-0.2, 0) is 0 Å². The van der Waals surface area contributed by atoms with E-state index in [-0.39, 0.29) is 0 Å². The van der Waals surface area contributed by atoms with Crippen molar-refractivity contribution >= 4 is 11.4 Å². The van der Waals surface area contributed by atoms with Crippen LogP contribution in [0.15, 0.2) is 18.5 Å². The molecule has 1 atom stereocenters. The number of hydrogen-bond donors (Lipinski definition) is 1. The Morgan fingerprint density at radius 1 is 1.47 bits per heavy atom. The molecule has 1 saturated heterocycles. The number of pyridine rings is 1. The zero-order chi connectivity index (χ0) is 10.7. The third-order valence-corrected chi connectivity index (χ3v) is 3.17. The van der Waals surface area contributed by atoms with Crippen LogP contribution < -0.4 is 10.6 Å². The van der Waals surface area contributed by atoms with Gasteiger partial charge in [-0.2, -0.15) is 0 Å². The van der Waals surface area contributed by atoms with Gasteiger partial charge in [-0.1, -0.05) is 6.92 Å². The Morgan fingerprint density at radius 2 is 2.33 bits per heavy atom. The molecule has 1 aromatic heterocycles. The fraction of sp³-hybridized carbons (Fsp3) is 0.583. The summed E-state index contributed by atoms with van der Waals surface area (Å²) in [5.74, 6) is 0. The first-order valence-electron chi connectivity index (χ1n) is 5.78. The molecule has 1 aromatic rings. The van der Waals surface area contributed by atoms with E-state index in [0.29, 0.717) is 6.04 Å². The molecular weight excluding hydrogens is 186 g/mol. The van der Waals surface area contributed by atoms with Crippen molar-refractivity contribution in [2.75, 3.05) is 17.2 Å². The van der Waals surface area contributed by atoms with Crippen molar-refractivity contribution < 1.29 is 0 Å². The van der Waals surface area contributed by atoms with E-state index in [0.717, 1.165) is 12.2 Å². The number of rotatable bonds is 2. The zero-order valence-electron chi connectivity index (χ0n) is 9.32. The molecule has 1 aliphatic rings. The van der Waals surface area contributed by atoms with Gasteiger partial charge < -0.3 is 10.6 Å². The molecule has 2 N–H and O–H groups in total. The van der Waals surface area contributed by atoms with Crippen molar-refractivity contribution in [3.63, 3.8) is 0 Å². The molecule has 1 aliphatic heterocycles. The van der Waals surface area contributed by atoms with E-state index < -0.39 is 0 Å². The molecule has 3 heteroatoms. The van der Waals surface area contributed by atoms with Gasteiger partial charge in [0.15, 0.2) is 0 Å². The van der Waals surface area contributed by atoms with Gasteiger partial charge in [-0.05, 0) is 31.7 Å². The third-order valence-electron chi connectivity index (χ3n) is 3.17. The first-order chi connectivity index (χ1) is 7.31. The van der Waals surface area contributed by atoms with Crippen molar-refractivity contribution in [2.45, 2.75) is 38.6 Å². The van der Waals surface area contributed by atoms with E-state index in [9.17, 15) is 0 Å². The molecule has 2 rings (SSSR count). The van der Waals surface area contributed by atoms with Gasteiger partial charge in [-0.15, -0.1) is 0 Å². The number of nitrogens with two attached hydrogens (primary N) is 1. The van der Waals surface area contributed by atoms with Gasteiger partial charge in [0.05, 0.1) is 17.6 Å². The SMILES string of the molecule is CCC1CCCCN1c1cncc(N)c1. The van der Waals surface area contributed by atoms with Crippen LogP contribution in [0.1, 0.15) is 32.6 Å². The Bertz CT molecular complexity index is 324. The first kappa shape index (κ1) is 10.3. The summed E-state index contributed by atoms with van der Waals surface area (Å²) >= 11 is 0. The second kappa shape index (κ2) is 4.51. The number of anilines is 2. The highest BCUT2D eigenvalue weighted by atomic mass is 15.2. The van der Waals surface area contributed by atoms with Gasteiger partial charge in [0.25, 0.3) is 0 Å². The van der Waals surface area contributed by atoms with Crippen LogP contribution in [0.2, 0.25) is 0 Å². The van der Waals surface area contributed by atoms with Crippen LogP contribution in [0, 0.1) is 0 Å². The molecule has 1 unspecified atom stereocenters. The maximum Gasteiger partial charge on any atom is 0.0575 e. The fourth-order valence-corrected chi connectivity index (χ4v) is 2.37. The lowest BCUT2D eigenvalue weighted by molar-refractivity contribution is 0.450. The van der Waals surface area contributed by atoms with Crippen LogP contribution >= 0.6 is 0 Å². The maximum atomic E-state index is 5.76. The second-order valence-corrected chi connectivity index (χ2v) is 4.23. The summed E-state index contributed by atoms with van der Waals surface area (Å²) in [5.41, 5.74) is 7.70. The molecule has 3 nitrogen and oxygen atoms in total. The van der Waals surface area contributed by atoms with E-state index in [1.54, 1.807) is 6.20 Å². The molecule has 0 bridgehead atoms. The van der Waals surface area contributed by atoms with Crippen molar-refractivity contribution in [3.05, 3.63) is 18.5 Å². The van der Waals surface area contributed by atoms with E-state index in [1.807, 2.05) is 12.3 Å². The van der Waals surface area contributed by atoms with E-state index in [4.69, 9.17) is 5.73 Å². The lowest BCUT2D eigenvalue weighted by Gasteiger charge is -2.37. The molecule has 0 aromatic carbocycles. The van der Waals surface area contributed by atoms with Crippen LogP contribution in [0.3, 0.4) is 0 Å². The number of piperidine rings is 1. The molecule has 82 valence electrons. The molecule has 0 aliphatic carbocycles. The Kier molecular flexibility index (Phi) is 3.09. The Morgan fingerprint density at radius 3 is 3.07 bits per heavy atom. The van der Waals surface area contributed by atoms with Crippen LogP contribution in [0.4, 0.5) is 11.4 Å². The van der Waals surface area contributed by atoms with Crippen LogP contribution in [-0.4, -0.2) is 17.6 Å². The minimum absolute atomic E-state index is 0.669. The summed E-state index contributed by atoms with van der Waals surface area (Å²) in [7, 11) is 0. The average Bonchev–Trinajstić information content (AvgIpc) is 2.29. The van der Waals surface area contributed by atoms with Crippen molar-refractivity contribution in [1.82, 2.24) is 4.98 Å². The monoisotopic (exact) mass is 205 g/mol. The van der Waals surface area contributed by atoms with E-state index in [1.165, 1.54) is 31.4 Å². The van der Waals surface area contributed by atoms with Gasteiger partial charge >= 0.3 is 0 Å². The predicted octanol–water partition coefficient (Wildman–Crippen LogP) is 2.43. The molecule has 0 amide bonds. The largest absolute Gasteiger partial charge is 0.397 e. The van der Waals surface area contributed by atoms with Crippen molar-refractivity contribution in [2.24, 2.45) is 0 Å². The summed E-state index contributed by atoms with van der Waals surface area (Å²) in [6, 6.07) is 2.70. The normalized spacial score (nSPS) is 21.7. The number of nitrogen functional groups attached to an aromatic ring is 1. The lowest BCUT2D eigenvalue weighted by Crippen LogP contribution is -2.39. The van der Waals surface area contributed by atoms with Crippen LogP contribution in [0.5, 0.6) is 0 Å². The summed E-state index contributed by atoms with van der Waals surface area (Å²) in [6.07, 6.45) is 8.76. The van der Waals surface area contributed by atoms with Gasteiger partial charge in [0, 0.05) is 18.8 Å². The Balaban J connectivity index is 2.20. The highest BCUT2D eigenvalue weighted by Gasteiger charge is 2.21. The molecule has 0 radical (unpaired) electrons. The lowest BCUT2D eigenvalue weighted by atomic mass is 9.99. The summed E-state index contributed by atoms with van der Waals surface area (Å²) < 4.78 is 0. The maximum absolute atomic E-state index is 5.76. The molecule has 15 heavy (non-hydrogen) atoms. The highest BCUT2D eigenvalue weighted by Crippen LogP contribution is 2.26. The quantitative estimate of drug-likeness (QED) is 0.806. The first-order valence-corrected chi connectivity index (χ1v) is 5.78. The standard InChI is InChI=1S/C12H19N3/c1-2-11-5-3-4-6-15(11)12-7-10(13)8-14-9-12/h7-9,11H,2-6,13H2,1H3. The van der Waals surface area contributed by atoms with Gasteiger partial charge in [-0.25, -0.2) is 0 Å².